The van der Waals surface area contributed by atoms with Crippen LogP contribution in [0.15, 0.2) is 24.4 Å². The predicted octanol–water partition coefficient (Wildman–Crippen LogP) is 5.99. The Bertz CT molecular complexity index is 722. The minimum absolute atomic E-state index is 0.155. The van der Waals surface area contributed by atoms with Gasteiger partial charge in [-0.25, -0.2) is 22.0 Å². The van der Waals surface area contributed by atoms with E-state index in [-0.39, 0.29) is 11.3 Å². The number of carbonyl (C=O) groups excluding carboxylic acids is 1. The van der Waals surface area contributed by atoms with E-state index >= 15 is 0 Å². The first-order valence-corrected chi connectivity index (χ1v) is 7.58. The van der Waals surface area contributed by atoms with Crippen LogP contribution in [0.3, 0.4) is 0 Å². The summed E-state index contributed by atoms with van der Waals surface area (Å²) in [4.78, 5) is 13.1. The Labute approximate surface area is 147 Å². The van der Waals surface area contributed by atoms with Gasteiger partial charge in [-0.3, -0.25) is 9.78 Å². The molecule has 0 N–H and O–H groups in total. The molecule has 25 heavy (non-hydrogen) atoms. The van der Waals surface area contributed by atoms with Crippen molar-refractivity contribution < 1.29 is 26.7 Å². The summed E-state index contributed by atoms with van der Waals surface area (Å²) < 4.78 is 62.0. The van der Waals surface area contributed by atoms with Crippen LogP contribution in [0.5, 0.6) is 0 Å². The summed E-state index contributed by atoms with van der Waals surface area (Å²) in [7, 11) is 0. The Morgan fingerprint density at radius 3 is 2.08 bits per heavy atom. The summed E-state index contributed by atoms with van der Waals surface area (Å²) in [6.45, 7) is 6.38. The Balaban J connectivity index is 0.000000614. The lowest BCUT2D eigenvalue weighted by Gasteiger charge is -2.07. The van der Waals surface area contributed by atoms with Crippen molar-refractivity contribution in [3.05, 3.63) is 52.4 Å². The third-order valence-electron chi connectivity index (χ3n) is 2.68. The number of alkyl halides is 2. The highest BCUT2D eigenvalue weighted by Gasteiger charge is 2.17. The SMILES string of the molecule is CC.CC(=O)C(F)F.Cc1ccnc(-c2ccc(F)c(Cl)c2F)c1F. The van der Waals surface area contributed by atoms with Crippen molar-refractivity contribution in [3.63, 3.8) is 0 Å². The van der Waals surface area contributed by atoms with Gasteiger partial charge in [0, 0.05) is 18.7 Å². The van der Waals surface area contributed by atoms with Gasteiger partial charge >= 0.3 is 0 Å². The van der Waals surface area contributed by atoms with Crippen molar-refractivity contribution >= 4 is 17.4 Å². The van der Waals surface area contributed by atoms with Gasteiger partial charge in [0.15, 0.2) is 17.4 Å². The summed E-state index contributed by atoms with van der Waals surface area (Å²) in [6.07, 6.45) is -1.44. The van der Waals surface area contributed by atoms with Gasteiger partial charge in [0.2, 0.25) is 0 Å². The van der Waals surface area contributed by atoms with Gasteiger partial charge in [-0.15, -0.1) is 0 Å². The van der Waals surface area contributed by atoms with E-state index in [1.165, 1.54) is 19.2 Å². The molecule has 2 aromatic rings. The molecule has 0 saturated carbocycles. The Morgan fingerprint density at radius 1 is 1.08 bits per heavy atom. The fraction of sp³-hybridized carbons (Fsp3) is 0.294. The molecule has 0 spiro atoms. The van der Waals surface area contributed by atoms with Crippen LogP contribution >= 0.6 is 11.6 Å². The summed E-state index contributed by atoms with van der Waals surface area (Å²) >= 11 is 5.42. The standard InChI is InChI=1S/C12H7ClF3N.C3H4F2O.C2H6/c1-6-4-5-17-12(10(6)15)7-2-3-8(14)9(13)11(7)16;1-2(6)3(4)5;1-2/h2-5H,1H3;3H,1H3;1-2H3. The molecule has 0 bridgehead atoms. The van der Waals surface area contributed by atoms with Crippen LogP contribution < -0.4 is 0 Å². The molecule has 138 valence electrons. The van der Waals surface area contributed by atoms with Crippen molar-refractivity contribution in [1.82, 2.24) is 4.98 Å². The van der Waals surface area contributed by atoms with Gasteiger partial charge < -0.3 is 0 Å². The van der Waals surface area contributed by atoms with E-state index in [0.29, 0.717) is 5.56 Å². The molecule has 0 atom stereocenters. The highest BCUT2D eigenvalue weighted by atomic mass is 35.5. The maximum atomic E-state index is 13.7. The van der Waals surface area contributed by atoms with Gasteiger partial charge in [0.1, 0.15) is 16.5 Å². The van der Waals surface area contributed by atoms with Crippen LogP contribution in [0.2, 0.25) is 5.02 Å². The topological polar surface area (TPSA) is 30.0 Å². The van der Waals surface area contributed by atoms with Crippen LogP contribution in [0, 0.1) is 24.4 Å². The van der Waals surface area contributed by atoms with Crippen molar-refractivity contribution in [3.8, 4) is 11.3 Å². The predicted molar refractivity (Wildman–Crippen MR) is 87.3 cm³/mol. The number of hydrogen-bond donors (Lipinski definition) is 0. The van der Waals surface area contributed by atoms with E-state index in [1.807, 2.05) is 13.8 Å². The number of rotatable bonds is 2. The number of carbonyl (C=O) groups is 1. The molecule has 1 aromatic heterocycles. The number of pyridine rings is 1. The van der Waals surface area contributed by atoms with Crippen molar-refractivity contribution in [2.75, 3.05) is 0 Å². The second kappa shape index (κ2) is 10.8. The first kappa shape index (κ1) is 23.0. The number of aryl methyl sites for hydroxylation is 1. The van der Waals surface area contributed by atoms with Crippen molar-refractivity contribution in [2.24, 2.45) is 0 Å². The normalized spacial score (nSPS) is 9.72. The summed E-state index contributed by atoms with van der Waals surface area (Å²) in [5.74, 6) is -3.62. The Morgan fingerprint density at radius 2 is 1.60 bits per heavy atom. The van der Waals surface area contributed by atoms with Gasteiger partial charge in [-0.2, -0.15) is 0 Å². The largest absolute Gasteiger partial charge is 0.295 e. The quantitative estimate of drug-likeness (QED) is 0.472. The molecular formula is C17H17ClF5NO. The highest BCUT2D eigenvalue weighted by Crippen LogP contribution is 2.30. The maximum Gasteiger partial charge on any atom is 0.295 e. The van der Waals surface area contributed by atoms with E-state index in [4.69, 9.17) is 11.6 Å². The molecule has 2 rings (SSSR count). The zero-order valence-corrected chi connectivity index (χ0v) is 14.8. The molecule has 0 aliphatic heterocycles. The van der Waals surface area contributed by atoms with Crippen LogP contribution in [0.1, 0.15) is 26.3 Å². The number of halogens is 6. The number of hydrogen-bond acceptors (Lipinski definition) is 2. The monoisotopic (exact) mass is 381 g/mol. The van der Waals surface area contributed by atoms with E-state index in [1.54, 1.807) is 0 Å². The fourth-order valence-electron chi connectivity index (χ4n) is 1.44. The molecule has 0 fully saturated rings. The van der Waals surface area contributed by atoms with E-state index in [2.05, 4.69) is 4.98 Å². The maximum absolute atomic E-state index is 13.7. The zero-order valence-electron chi connectivity index (χ0n) is 14.0. The molecule has 0 unspecified atom stereocenters. The molecule has 0 saturated heterocycles. The average Bonchev–Trinajstić information content (AvgIpc) is 2.58. The lowest BCUT2D eigenvalue weighted by atomic mass is 10.1. The van der Waals surface area contributed by atoms with E-state index in [0.717, 1.165) is 19.1 Å². The zero-order chi connectivity index (χ0) is 19.7. The number of Topliss-reactive ketones (excluding diaryl/α,β-unsaturated/α-hetero) is 1. The van der Waals surface area contributed by atoms with Crippen LogP contribution in [-0.4, -0.2) is 17.2 Å². The van der Waals surface area contributed by atoms with Crippen LogP contribution in [0.25, 0.3) is 11.3 Å². The molecule has 0 aliphatic rings. The summed E-state index contributed by atoms with van der Waals surface area (Å²) in [6, 6.07) is 3.55. The highest BCUT2D eigenvalue weighted by molar-refractivity contribution is 6.31. The minimum Gasteiger partial charge on any atom is -0.294 e. The molecule has 8 heteroatoms. The number of ketones is 1. The summed E-state index contributed by atoms with van der Waals surface area (Å²) in [5, 5.41) is -0.662. The third-order valence-corrected chi connectivity index (χ3v) is 3.03. The lowest BCUT2D eigenvalue weighted by molar-refractivity contribution is -0.127. The van der Waals surface area contributed by atoms with Gasteiger partial charge in [-0.1, -0.05) is 25.4 Å². The van der Waals surface area contributed by atoms with Crippen molar-refractivity contribution in [1.29, 1.82) is 0 Å². The molecule has 0 aliphatic carbocycles. The average molecular weight is 382 g/mol. The van der Waals surface area contributed by atoms with E-state index in [9.17, 15) is 26.7 Å². The molecule has 1 aromatic carbocycles. The van der Waals surface area contributed by atoms with Gasteiger partial charge in [0.05, 0.1) is 0 Å². The van der Waals surface area contributed by atoms with Crippen molar-refractivity contribution in [2.45, 2.75) is 34.1 Å². The third kappa shape index (κ3) is 6.42. The molecule has 2 nitrogen and oxygen atoms in total. The second-order valence-corrected chi connectivity index (χ2v) is 4.80. The first-order valence-electron chi connectivity index (χ1n) is 7.20. The van der Waals surface area contributed by atoms with E-state index < -0.39 is 34.7 Å². The summed E-state index contributed by atoms with van der Waals surface area (Å²) in [5.41, 5.74) is -0.00292. The molecule has 0 radical (unpaired) electrons. The minimum atomic E-state index is -2.79. The number of aromatic nitrogens is 1. The Hall–Kier alpha value is -2.02. The second-order valence-electron chi connectivity index (χ2n) is 4.42. The Kier molecular flexibility index (Phi) is 9.89. The molecular weight excluding hydrogens is 365 g/mol. The van der Waals surface area contributed by atoms with Gasteiger partial charge in [0.25, 0.3) is 6.43 Å². The number of nitrogens with zero attached hydrogens (tertiary/aromatic N) is 1. The van der Waals surface area contributed by atoms with Gasteiger partial charge in [-0.05, 0) is 30.7 Å². The molecule has 0 amide bonds. The molecule has 1 heterocycles. The number of benzene rings is 1. The lowest BCUT2D eigenvalue weighted by Crippen LogP contribution is -2.02. The van der Waals surface area contributed by atoms with Crippen LogP contribution in [-0.2, 0) is 4.79 Å². The fourth-order valence-corrected chi connectivity index (χ4v) is 1.60. The van der Waals surface area contributed by atoms with Crippen LogP contribution in [0.4, 0.5) is 22.0 Å². The first-order chi connectivity index (χ1) is 11.7. The smallest absolute Gasteiger partial charge is 0.294 e.